The highest BCUT2D eigenvalue weighted by Crippen LogP contribution is 2.37. The molecule has 0 saturated carbocycles. The van der Waals surface area contributed by atoms with Crippen LogP contribution in [0.25, 0.3) is 55.2 Å². The van der Waals surface area contributed by atoms with Crippen LogP contribution in [0.15, 0.2) is 121 Å². The fraction of sp³-hybridized carbons (Fsp3) is 0.106. The van der Waals surface area contributed by atoms with Gasteiger partial charge in [0.25, 0.3) is 0 Å². The minimum Gasteiger partial charge on any atom is -0.497 e. The summed E-state index contributed by atoms with van der Waals surface area (Å²) in [6, 6.07) is 44.2. The van der Waals surface area contributed by atoms with Gasteiger partial charge < -0.3 is 9.64 Å². The van der Waals surface area contributed by atoms with Crippen LogP contribution in [-0.2, 0) is 0 Å². The van der Waals surface area contributed by atoms with Crippen molar-refractivity contribution in [1.82, 2.24) is 0 Å². The molecule has 0 heterocycles. The first-order valence-corrected chi connectivity index (χ1v) is 17.0. The molecule has 0 spiro atoms. The van der Waals surface area contributed by atoms with Gasteiger partial charge in [0, 0.05) is 17.1 Å². The maximum atomic E-state index is 5.48. The molecule has 2 nitrogen and oxygen atoms in total. The molecule has 0 radical (unpaired) electrons. The summed E-state index contributed by atoms with van der Waals surface area (Å²) < 4.78 is 5.48. The summed E-state index contributed by atoms with van der Waals surface area (Å²) >= 11 is 0. The highest BCUT2D eigenvalue weighted by molar-refractivity contribution is 6.20. The highest BCUT2D eigenvalue weighted by Gasteiger charge is 2.17. The summed E-state index contributed by atoms with van der Waals surface area (Å²) in [7, 11) is 1.71. The smallest absolute Gasteiger partial charge is 0.119 e. The lowest BCUT2D eigenvalue weighted by Crippen LogP contribution is -2.12. The average Bonchev–Trinajstić information content (AvgIpc) is 3.11. The summed E-state index contributed by atoms with van der Waals surface area (Å²) in [5.74, 6) is 0.843. The molecule has 0 amide bonds. The van der Waals surface area contributed by atoms with Gasteiger partial charge in [-0.1, -0.05) is 72.8 Å². The van der Waals surface area contributed by atoms with E-state index in [0.29, 0.717) is 0 Å². The number of ether oxygens (including phenoxy) is 1. The molecule has 0 N–H and O–H groups in total. The molecule has 0 atom stereocenters. The Bertz CT molecular complexity index is 2480. The van der Waals surface area contributed by atoms with Gasteiger partial charge in [-0.2, -0.15) is 0 Å². The summed E-state index contributed by atoms with van der Waals surface area (Å²) in [6.45, 7) is 8.85. The molecule has 0 bridgehead atoms. The molecule has 0 aliphatic heterocycles. The van der Waals surface area contributed by atoms with E-state index in [1.165, 1.54) is 86.9 Å². The summed E-state index contributed by atoms with van der Waals surface area (Å²) in [5.41, 5.74) is 11.1. The molecule has 9 aromatic rings. The van der Waals surface area contributed by atoms with Gasteiger partial charge in [0.2, 0.25) is 0 Å². The third-order valence-corrected chi connectivity index (χ3v) is 10.6. The van der Waals surface area contributed by atoms with Crippen molar-refractivity contribution in [3.05, 3.63) is 165 Å². The number of nitrogens with zero attached hydrogens (tertiary/aromatic N) is 1. The van der Waals surface area contributed by atoms with Crippen LogP contribution >= 0.6 is 0 Å². The van der Waals surface area contributed by atoms with Gasteiger partial charge in [0.15, 0.2) is 0 Å². The van der Waals surface area contributed by atoms with E-state index < -0.39 is 0 Å². The molecule has 0 saturated heterocycles. The van der Waals surface area contributed by atoms with Crippen molar-refractivity contribution in [3.63, 3.8) is 0 Å². The van der Waals surface area contributed by atoms with Gasteiger partial charge >= 0.3 is 0 Å². The third-order valence-electron chi connectivity index (χ3n) is 10.6. The second-order valence-corrected chi connectivity index (χ2v) is 13.6. The van der Waals surface area contributed by atoms with Crippen molar-refractivity contribution >= 4 is 72.3 Å². The summed E-state index contributed by atoms with van der Waals surface area (Å²) in [5, 5.41) is 13.7. The van der Waals surface area contributed by atoms with Crippen LogP contribution in [0.4, 0.5) is 17.1 Å². The highest BCUT2D eigenvalue weighted by atomic mass is 16.5. The first-order chi connectivity index (χ1) is 23.9. The molecular formula is C47H37NO. The average molecular weight is 632 g/mol. The molecular weight excluding hydrogens is 595 g/mol. The second-order valence-electron chi connectivity index (χ2n) is 13.6. The van der Waals surface area contributed by atoms with Crippen molar-refractivity contribution in [2.75, 3.05) is 12.0 Å². The largest absolute Gasteiger partial charge is 0.497 e. The minimum absolute atomic E-state index is 0.843. The van der Waals surface area contributed by atoms with Crippen molar-refractivity contribution in [2.45, 2.75) is 27.7 Å². The number of benzene rings is 7. The summed E-state index contributed by atoms with van der Waals surface area (Å²) in [4.78, 5) is 2.31. The first kappa shape index (κ1) is 29.3. The van der Waals surface area contributed by atoms with Gasteiger partial charge in [-0.05, 0) is 175 Å². The van der Waals surface area contributed by atoms with E-state index in [-0.39, 0.29) is 0 Å². The number of anilines is 3. The lowest BCUT2D eigenvalue weighted by atomic mass is 9.87. The molecule has 2 heteroatoms. The van der Waals surface area contributed by atoms with Gasteiger partial charge in [0.05, 0.1) is 7.11 Å². The Hall–Kier alpha value is -5.86. The van der Waals surface area contributed by atoms with Gasteiger partial charge in [-0.25, -0.2) is 0 Å². The van der Waals surface area contributed by atoms with Crippen LogP contribution < -0.4 is 20.1 Å². The zero-order valence-corrected chi connectivity index (χ0v) is 28.6. The number of hydrogen-bond donors (Lipinski definition) is 0. The Morgan fingerprint density at radius 3 is 1.04 bits per heavy atom. The van der Waals surface area contributed by atoms with Gasteiger partial charge in [0.1, 0.15) is 5.75 Å². The first-order valence-electron chi connectivity index (χ1n) is 17.0. The third kappa shape index (κ3) is 4.55. The molecule has 0 aliphatic rings. The van der Waals surface area contributed by atoms with Crippen LogP contribution in [0.1, 0.15) is 33.4 Å². The van der Waals surface area contributed by atoms with Crippen molar-refractivity contribution in [1.29, 1.82) is 0 Å². The van der Waals surface area contributed by atoms with Crippen LogP contribution in [0, 0.1) is 27.7 Å². The minimum atomic E-state index is 0.843. The normalized spacial score (nSPS) is 11.8. The molecule has 0 unspecified atom stereocenters. The Balaban J connectivity index is 1.09. The Labute approximate surface area is 286 Å². The molecule has 0 fully saturated rings. The van der Waals surface area contributed by atoms with E-state index in [0.717, 1.165) is 22.8 Å². The van der Waals surface area contributed by atoms with E-state index in [2.05, 4.69) is 154 Å². The Morgan fingerprint density at radius 1 is 0.388 bits per heavy atom. The molecule has 0 aromatic heterocycles. The molecule has 0 aliphatic carbocycles. The van der Waals surface area contributed by atoms with E-state index in [1.54, 1.807) is 7.11 Å². The van der Waals surface area contributed by atoms with Crippen LogP contribution in [-0.4, -0.2) is 7.11 Å². The van der Waals surface area contributed by atoms with Crippen molar-refractivity contribution in [3.8, 4) is 5.75 Å². The SMILES string of the molecule is COc1ccc(N(c2ccc(C=c3c4ccc(C)c5c(C)ccc3c54)cc2)c2ccc(C=c3c4ccc(C)c5c(C)ccc3c54)cc2)cc1. The van der Waals surface area contributed by atoms with Gasteiger partial charge in [-0.15, -0.1) is 0 Å². The standard InChI is InChI=1S/C47H37NO/c1-28-6-22-38-42(39-23-7-29(2)44(28)46(38)39)26-32-10-14-34(15-11-32)48(36-18-20-37(49-5)21-19-36)35-16-12-33(13-17-35)27-43-40-24-8-30(3)45-31(4)9-25-41(43)47(40)45/h6-27H,1-5H3. The fourth-order valence-corrected chi connectivity index (χ4v) is 8.06. The number of rotatable bonds is 6. The molecule has 236 valence electrons. The molecule has 49 heavy (non-hydrogen) atoms. The Morgan fingerprint density at radius 2 is 0.714 bits per heavy atom. The van der Waals surface area contributed by atoms with E-state index >= 15 is 0 Å². The number of aryl methyl sites for hydroxylation is 4. The van der Waals surface area contributed by atoms with Crippen molar-refractivity contribution in [2.24, 2.45) is 0 Å². The molecule has 9 aromatic carbocycles. The predicted octanol–water partition coefficient (Wildman–Crippen LogP) is 11.0. The Kier molecular flexibility index (Phi) is 6.64. The maximum absolute atomic E-state index is 5.48. The van der Waals surface area contributed by atoms with Crippen LogP contribution in [0.3, 0.4) is 0 Å². The van der Waals surface area contributed by atoms with Crippen LogP contribution in [0.5, 0.6) is 5.75 Å². The van der Waals surface area contributed by atoms with Crippen LogP contribution in [0.2, 0.25) is 0 Å². The monoisotopic (exact) mass is 631 g/mol. The summed E-state index contributed by atoms with van der Waals surface area (Å²) in [6.07, 6.45) is 4.65. The zero-order chi connectivity index (χ0) is 33.4. The maximum Gasteiger partial charge on any atom is 0.119 e. The number of methoxy groups -OCH3 is 1. The zero-order valence-electron chi connectivity index (χ0n) is 28.6. The van der Waals surface area contributed by atoms with E-state index in [4.69, 9.17) is 4.74 Å². The lowest BCUT2D eigenvalue weighted by Gasteiger charge is -2.26. The van der Waals surface area contributed by atoms with E-state index in [9.17, 15) is 0 Å². The quantitative estimate of drug-likeness (QED) is 0.181. The topological polar surface area (TPSA) is 12.5 Å². The fourth-order valence-electron chi connectivity index (χ4n) is 8.06. The molecule has 9 rings (SSSR count). The lowest BCUT2D eigenvalue weighted by molar-refractivity contribution is 0.415. The van der Waals surface area contributed by atoms with E-state index in [1.807, 2.05) is 12.1 Å². The van der Waals surface area contributed by atoms with Gasteiger partial charge in [-0.3, -0.25) is 0 Å². The van der Waals surface area contributed by atoms with Crippen molar-refractivity contribution < 1.29 is 4.74 Å². The number of hydrogen-bond acceptors (Lipinski definition) is 2. The second kappa shape index (κ2) is 11.1. The predicted molar refractivity (Wildman–Crippen MR) is 209 cm³/mol.